The maximum Gasteiger partial charge on any atom is 0.573 e. The van der Waals surface area contributed by atoms with Crippen LogP contribution in [0.2, 0.25) is 0 Å². The molecule has 2 aromatic carbocycles. The molecule has 2 heterocycles. The molecule has 0 aromatic heterocycles. The molecule has 10 heteroatoms. The molecule has 0 bridgehead atoms. The number of carbonyl (C=O) groups excluding carboxylic acids is 2. The molecule has 0 unspecified atom stereocenters. The van der Waals surface area contributed by atoms with Gasteiger partial charge in [-0.3, -0.25) is 9.59 Å². The number of ether oxygens (including phenoxy) is 1. The Morgan fingerprint density at radius 2 is 1.83 bits per heavy atom. The number of alkyl halides is 3. The van der Waals surface area contributed by atoms with Crippen molar-refractivity contribution in [1.29, 1.82) is 0 Å². The second kappa shape index (κ2) is 10.6. The van der Waals surface area contributed by atoms with Crippen molar-refractivity contribution in [3.8, 4) is 5.75 Å². The van der Waals surface area contributed by atoms with Crippen LogP contribution < -0.4 is 9.64 Å². The summed E-state index contributed by atoms with van der Waals surface area (Å²) in [6.45, 7) is 0.872. The minimum Gasteiger partial charge on any atom is -0.465 e. The molecule has 192 valence electrons. The number of rotatable bonds is 10. The van der Waals surface area contributed by atoms with E-state index in [1.54, 1.807) is 17.0 Å². The molecule has 4 rings (SSSR count). The molecule has 0 aliphatic carbocycles. The van der Waals surface area contributed by atoms with E-state index >= 15 is 0 Å². The van der Waals surface area contributed by atoms with Crippen molar-refractivity contribution in [1.82, 2.24) is 4.90 Å². The van der Waals surface area contributed by atoms with Gasteiger partial charge in [-0.05, 0) is 67.0 Å². The van der Waals surface area contributed by atoms with E-state index in [2.05, 4.69) is 4.74 Å². The number of halogens is 3. The molecular weight excluding hydrogens is 477 g/mol. The minimum atomic E-state index is -4.83. The number of nitrogens with zero attached hydrogens (tertiary/aromatic N) is 2. The summed E-state index contributed by atoms with van der Waals surface area (Å²) in [6.07, 6.45) is -2.80. The number of anilines is 1. The molecule has 0 saturated heterocycles. The molecule has 0 spiro atoms. The number of aryl methyl sites for hydroxylation is 1. The Morgan fingerprint density at radius 1 is 1.08 bits per heavy atom. The molecule has 7 nitrogen and oxygen atoms in total. The molecule has 0 radical (unpaired) electrons. The molecule has 0 saturated carbocycles. The first-order chi connectivity index (χ1) is 17.1. The van der Waals surface area contributed by atoms with Crippen LogP contribution >= 0.6 is 0 Å². The van der Waals surface area contributed by atoms with Gasteiger partial charge in [0.15, 0.2) is 5.78 Å². The summed E-state index contributed by atoms with van der Waals surface area (Å²) in [5, 5.41) is 9.51. The first-order valence-corrected chi connectivity index (χ1v) is 11.9. The predicted octanol–water partition coefficient (Wildman–Crippen LogP) is 5.00. The van der Waals surface area contributed by atoms with Crippen LogP contribution in [0.1, 0.15) is 52.7 Å². The van der Waals surface area contributed by atoms with E-state index in [9.17, 15) is 32.7 Å². The van der Waals surface area contributed by atoms with E-state index in [1.807, 2.05) is 6.07 Å². The maximum absolute atomic E-state index is 12.8. The summed E-state index contributed by atoms with van der Waals surface area (Å²) in [5.41, 5.74) is 3.72. The lowest BCUT2D eigenvalue weighted by Crippen LogP contribution is -2.32. The van der Waals surface area contributed by atoms with Gasteiger partial charge in [0.05, 0.1) is 12.1 Å². The van der Waals surface area contributed by atoms with Crippen LogP contribution in [0.25, 0.3) is 0 Å². The van der Waals surface area contributed by atoms with Crippen LogP contribution in [0.3, 0.4) is 0 Å². The fourth-order valence-corrected chi connectivity index (χ4v) is 4.87. The SMILES string of the molecule is O=C(CCCCN(CCc1ccccc1OC(F)(F)F)C(=O)O)c1cc2c3c(c1)CC(=O)N3CCC2. The Labute approximate surface area is 206 Å². The lowest BCUT2D eigenvalue weighted by molar-refractivity contribution is -0.274. The van der Waals surface area contributed by atoms with Gasteiger partial charge < -0.3 is 19.6 Å². The number of hydrogen-bond acceptors (Lipinski definition) is 4. The van der Waals surface area contributed by atoms with E-state index in [0.29, 0.717) is 31.4 Å². The van der Waals surface area contributed by atoms with Gasteiger partial charge in [-0.1, -0.05) is 18.2 Å². The van der Waals surface area contributed by atoms with Crippen LogP contribution in [-0.2, 0) is 24.1 Å². The summed E-state index contributed by atoms with van der Waals surface area (Å²) in [6, 6.07) is 9.32. The van der Waals surface area contributed by atoms with Crippen LogP contribution in [0.5, 0.6) is 5.75 Å². The molecule has 2 amide bonds. The zero-order chi connectivity index (χ0) is 25.9. The summed E-state index contributed by atoms with van der Waals surface area (Å²) < 4.78 is 41.9. The molecule has 2 aliphatic heterocycles. The molecule has 0 fully saturated rings. The van der Waals surface area contributed by atoms with Crippen molar-refractivity contribution in [2.75, 3.05) is 24.5 Å². The summed E-state index contributed by atoms with van der Waals surface area (Å²) >= 11 is 0. The number of ketones is 1. The highest BCUT2D eigenvalue weighted by atomic mass is 19.4. The summed E-state index contributed by atoms with van der Waals surface area (Å²) in [5.74, 6) is -0.332. The average molecular weight is 505 g/mol. The van der Waals surface area contributed by atoms with Gasteiger partial charge in [-0.2, -0.15) is 0 Å². The lowest BCUT2D eigenvalue weighted by atomic mass is 9.94. The third-order valence-electron chi connectivity index (χ3n) is 6.53. The number of carboxylic acid groups (broad SMARTS) is 1. The van der Waals surface area contributed by atoms with Crippen molar-refractivity contribution in [2.24, 2.45) is 0 Å². The molecule has 2 aliphatic rings. The third-order valence-corrected chi connectivity index (χ3v) is 6.53. The summed E-state index contributed by atoms with van der Waals surface area (Å²) in [4.78, 5) is 39.6. The van der Waals surface area contributed by atoms with Crippen LogP contribution in [0.4, 0.5) is 23.7 Å². The van der Waals surface area contributed by atoms with E-state index in [1.165, 1.54) is 18.2 Å². The molecule has 0 atom stereocenters. The predicted molar refractivity (Wildman–Crippen MR) is 125 cm³/mol. The van der Waals surface area contributed by atoms with Gasteiger partial charge in [0.1, 0.15) is 5.75 Å². The van der Waals surface area contributed by atoms with Crippen LogP contribution in [0.15, 0.2) is 36.4 Å². The zero-order valence-electron chi connectivity index (χ0n) is 19.6. The highest BCUT2D eigenvalue weighted by molar-refractivity contribution is 6.05. The van der Waals surface area contributed by atoms with Crippen molar-refractivity contribution in [3.05, 3.63) is 58.7 Å². The highest BCUT2D eigenvalue weighted by Gasteiger charge is 2.33. The summed E-state index contributed by atoms with van der Waals surface area (Å²) in [7, 11) is 0. The van der Waals surface area contributed by atoms with Crippen LogP contribution in [-0.4, -0.2) is 53.8 Å². The maximum atomic E-state index is 12.8. The van der Waals surface area contributed by atoms with E-state index in [4.69, 9.17) is 0 Å². The third kappa shape index (κ3) is 5.98. The second-order valence-electron chi connectivity index (χ2n) is 9.02. The Balaban J connectivity index is 1.29. The molecule has 1 N–H and O–H groups in total. The van der Waals surface area contributed by atoms with Gasteiger partial charge in [-0.15, -0.1) is 13.2 Å². The standard InChI is InChI=1S/C26H27F3N2O5/c27-26(28,29)36-22-9-2-1-6-17(22)10-13-30(25(34)35)11-4-3-8-21(32)19-14-18-7-5-12-31-23(33)16-20(15-19)24(18)31/h1-2,6,9,14-15H,3-5,7-8,10-13,16H2,(H,34,35). The van der Waals surface area contributed by atoms with Gasteiger partial charge >= 0.3 is 12.5 Å². The molecular formula is C26H27F3N2O5. The quantitative estimate of drug-likeness (QED) is 0.364. The topological polar surface area (TPSA) is 87.1 Å². The van der Waals surface area contributed by atoms with Crippen molar-refractivity contribution < 1.29 is 37.4 Å². The van der Waals surface area contributed by atoms with Crippen molar-refractivity contribution >= 4 is 23.5 Å². The normalized spacial score (nSPS) is 14.5. The average Bonchev–Trinajstić information content (AvgIpc) is 3.14. The van der Waals surface area contributed by atoms with Crippen LogP contribution in [0, 0.1) is 0 Å². The number of benzene rings is 2. The Kier molecular flexibility index (Phi) is 7.51. The number of amides is 2. The van der Waals surface area contributed by atoms with Gasteiger partial charge in [0.25, 0.3) is 0 Å². The van der Waals surface area contributed by atoms with E-state index < -0.39 is 12.5 Å². The monoisotopic (exact) mass is 504 g/mol. The van der Waals surface area contributed by atoms with Gasteiger partial charge in [0.2, 0.25) is 5.91 Å². The van der Waals surface area contributed by atoms with Gasteiger partial charge in [-0.25, -0.2) is 4.79 Å². The number of hydrogen-bond donors (Lipinski definition) is 1. The number of Topliss-reactive ketones (excluding diaryl/α,β-unsaturated/α-hetero) is 1. The Morgan fingerprint density at radius 3 is 2.58 bits per heavy atom. The second-order valence-corrected chi connectivity index (χ2v) is 9.02. The van der Waals surface area contributed by atoms with E-state index in [-0.39, 0.29) is 48.9 Å². The Bertz CT molecular complexity index is 1160. The Hall–Kier alpha value is -3.56. The zero-order valence-corrected chi connectivity index (χ0v) is 19.6. The van der Waals surface area contributed by atoms with Gasteiger partial charge in [0, 0.05) is 31.6 Å². The largest absolute Gasteiger partial charge is 0.573 e. The number of unbranched alkanes of at least 4 members (excludes halogenated alkanes) is 1. The first-order valence-electron chi connectivity index (χ1n) is 11.9. The lowest BCUT2D eigenvalue weighted by Gasteiger charge is -2.25. The number of para-hydroxylation sites is 1. The highest BCUT2D eigenvalue weighted by Crippen LogP contribution is 2.38. The fraction of sp³-hybridized carbons (Fsp3) is 0.423. The minimum absolute atomic E-state index is 0.000219. The molecule has 2 aromatic rings. The van der Waals surface area contributed by atoms with Crippen molar-refractivity contribution in [3.63, 3.8) is 0 Å². The van der Waals surface area contributed by atoms with E-state index in [0.717, 1.165) is 34.6 Å². The smallest absolute Gasteiger partial charge is 0.465 e. The fourth-order valence-electron chi connectivity index (χ4n) is 4.87. The van der Waals surface area contributed by atoms with Crippen molar-refractivity contribution in [2.45, 2.75) is 51.3 Å². The number of carbonyl (C=O) groups is 3. The first kappa shape index (κ1) is 25.5. The molecule has 36 heavy (non-hydrogen) atoms.